The van der Waals surface area contributed by atoms with Crippen molar-refractivity contribution in [3.63, 3.8) is 0 Å². The lowest BCUT2D eigenvalue weighted by Gasteiger charge is -2.17. The molecule has 0 saturated heterocycles. The van der Waals surface area contributed by atoms with Gasteiger partial charge in [0.25, 0.3) is 0 Å². The van der Waals surface area contributed by atoms with Crippen molar-refractivity contribution in [2.24, 2.45) is 0 Å². The van der Waals surface area contributed by atoms with E-state index in [1.165, 1.54) is 0 Å². The molecule has 11 heavy (non-hydrogen) atoms. The zero-order valence-electron chi connectivity index (χ0n) is 5.21. The SMILES string of the molecule is C[PH](=O)OC(F)(F)C(F)(F)F. The van der Waals surface area contributed by atoms with Crippen molar-refractivity contribution in [2.75, 3.05) is 6.66 Å². The first-order valence-corrected chi connectivity index (χ1v) is 4.12. The molecule has 0 heterocycles. The summed E-state index contributed by atoms with van der Waals surface area (Å²) >= 11 is 0. The standard InChI is InChI=1S/C3H4F5O2P/c1-11(9)10-3(7,8)2(4,5)6/h11H,1H3. The maximum atomic E-state index is 11.7. The van der Waals surface area contributed by atoms with Crippen LogP contribution in [0.2, 0.25) is 0 Å². The maximum absolute atomic E-state index is 11.7. The molecule has 0 aliphatic carbocycles. The van der Waals surface area contributed by atoms with E-state index in [2.05, 4.69) is 4.52 Å². The van der Waals surface area contributed by atoms with E-state index in [0.29, 0.717) is 6.66 Å². The first-order valence-electron chi connectivity index (χ1n) is 2.31. The van der Waals surface area contributed by atoms with Crippen LogP contribution in [-0.4, -0.2) is 18.9 Å². The fourth-order valence-corrected chi connectivity index (χ4v) is 0.715. The van der Waals surface area contributed by atoms with Gasteiger partial charge in [0.2, 0.25) is 0 Å². The fraction of sp³-hybridized carbons (Fsp3) is 1.00. The van der Waals surface area contributed by atoms with Crippen LogP contribution in [0.25, 0.3) is 0 Å². The van der Waals surface area contributed by atoms with Crippen molar-refractivity contribution in [2.45, 2.75) is 12.3 Å². The Morgan fingerprint density at radius 2 is 1.55 bits per heavy atom. The van der Waals surface area contributed by atoms with Gasteiger partial charge in [0.1, 0.15) is 0 Å². The molecule has 1 atom stereocenters. The molecule has 0 fully saturated rings. The van der Waals surface area contributed by atoms with E-state index in [-0.39, 0.29) is 0 Å². The summed E-state index contributed by atoms with van der Waals surface area (Å²) in [6, 6.07) is 0. The van der Waals surface area contributed by atoms with Crippen molar-refractivity contribution in [3.05, 3.63) is 0 Å². The largest absolute Gasteiger partial charge is 0.483 e. The van der Waals surface area contributed by atoms with Crippen LogP contribution >= 0.6 is 8.03 Å². The third-order valence-corrected chi connectivity index (χ3v) is 1.15. The number of hydrogen-bond acceptors (Lipinski definition) is 2. The van der Waals surface area contributed by atoms with Gasteiger partial charge < -0.3 is 0 Å². The average molecular weight is 198 g/mol. The summed E-state index contributed by atoms with van der Waals surface area (Å²) in [5.41, 5.74) is 0. The van der Waals surface area contributed by atoms with Gasteiger partial charge in [-0.3, -0.25) is 9.09 Å². The summed E-state index contributed by atoms with van der Waals surface area (Å²) in [6.07, 6.45) is -11.1. The molecule has 0 N–H and O–H groups in total. The minimum Gasteiger partial charge on any atom is -0.296 e. The highest BCUT2D eigenvalue weighted by molar-refractivity contribution is 7.38. The van der Waals surface area contributed by atoms with Gasteiger partial charge >= 0.3 is 12.3 Å². The van der Waals surface area contributed by atoms with E-state index in [1.54, 1.807) is 0 Å². The summed E-state index contributed by atoms with van der Waals surface area (Å²) in [4.78, 5) is 0. The van der Waals surface area contributed by atoms with E-state index in [4.69, 9.17) is 0 Å². The second-order valence-electron chi connectivity index (χ2n) is 1.61. The van der Waals surface area contributed by atoms with Gasteiger partial charge in [-0.1, -0.05) is 0 Å². The predicted molar refractivity (Wildman–Crippen MR) is 27.0 cm³/mol. The van der Waals surface area contributed by atoms with Gasteiger partial charge in [-0.15, -0.1) is 0 Å². The molecule has 2 nitrogen and oxygen atoms in total. The van der Waals surface area contributed by atoms with Crippen LogP contribution in [0.4, 0.5) is 22.0 Å². The Labute approximate surface area is 59.2 Å². The van der Waals surface area contributed by atoms with Gasteiger partial charge in [0.15, 0.2) is 8.03 Å². The average Bonchev–Trinajstić information content (AvgIpc) is 1.56. The molecular formula is C3H4F5O2P. The summed E-state index contributed by atoms with van der Waals surface area (Å²) in [7, 11) is -3.29. The predicted octanol–water partition coefficient (Wildman–Crippen LogP) is 2.26. The maximum Gasteiger partial charge on any atom is 0.483 e. The van der Waals surface area contributed by atoms with Crippen molar-refractivity contribution in [1.29, 1.82) is 0 Å². The minimum absolute atomic E-state index is 0.643. The lowest BCUT2D eigenvalue weighted by atomic mass is 10.6. The van der Waals surface area contributed by atoms with E-state index >= 15 is 0 Å². The summed E-state index contributed by atoms with van der Waals surface area (Å²) in [5.74, 6) is 0. The molecule has 0 saturated carbocycles. The van der Waals surface area contributed by atoms with E-state index < -0.39 is 20.3 Å². The molecule has 1 unspecified atom stereocenters. The second kappa shape index (κ2) is 3.06. The first kappa shape index (κ1) is 10.8. The Bertz CT molecular complexity index is 164. The van der Waals surface area contributed by atoms with Crippen LogP contribution in [-0.2, 0) is 9.09 Å². The number of halogens is 5. The molecule has 0 bridgehead atoms. The minimum atomic E-state index is -5.80. The Kier molecular flexibility index (Phi) is 3.02. The molecule has 0 aliphatic heterocycles. The third kappa shape index (κ3) is 3.16. The zero-order valence-corrected chi connectivity index (χ0v) is 6.21. The molecule has 0 spiro atoms. The van der Waals surface area contributed by atoms with E-state index in [1.807, 2.05) is 0 Å². The smallest absolute Gasteiger partial charge is 0.296 e. The number of alkyl halides is 5. The zero-order chi connectivity index (χ0) is 9.28. The molecule has 0 aliphatic rings. The fourth-order valence-electron chi connectivity index (χ4n) is 0.238. The Morgan fingerprint density at radius 3 is 1.64 bits per heavy atom. The lowest BCUT2D eigenvalue weighted by molar-refractivity contribution is -0.359. The van der Waals surface area contributed by atoms with Gasteiger partial charge in [0.05, 0.1) is 0 Å². The van der Waals surface area contributed by atoms with Gasteiger partial charge in [-0.25, -0.2) is 0 Å². The molecule has 0 radical (unpaired) electrons. The first-order chi connectivity index (χ1) is 4.67. The van der Waals surface area contributed by atoms with Crippen LogP contribution in [0.15, 0.2) is 0 Å². The molecule has 0 rings (SSSR count). The van der Waals surface area contributed by atoms with Crippen molar-refractivity contribution < 1.29 is 31.0 Å². The number of hydrogen-bond donors (Lipinski definition) is 0. The highest BCUT2D eigenvalue weighted by atomic mass is 31.1. The Balaban J connectivity index is 4.34. The molecule has 0 aromatic carbocycles. The normalized spacial score (nSPS) is 16.5. The highest BCUT2D eigenvalue weighted by Gasteiger charge is 2.60. The molecule has 0 aromatic heterocycles. The molecule has 68 valence electrons. The van der Waals surface area contributed by atoms with E-state index in [0.717, 1.165) is 0 Å². The van der Waals surface area contributed by atoms with Gasteiger partial charge in [-0.2, -0.15) is 22.0 Å². The van der Waals surface area contributed by atoms with Gasteiger partial charge in [-0.05, 0) is 0 Å². The van der Waals surface area contributed by atoms with Crippen LogP contribution in [0, 0.1) is 0 Å². The summed E-state index contributed by atoms with van der Waals surface area (Å²) < 4.78 is 69.7. The van der Waals surface area contributed by atoms with Crippen LogP contribution in [0.1, 0.15) is 0 Å². The molecular weight excluding hydrogens is 194 g/mol. The van der Waals surface area contributed by atoms with Crippen LogP contribution < -0.4 is 0 Å². The number of rotatable bonds is 2. The van der Waals surface area contributed by atoms with Crippen molar-refractivity contribution in [3.8, 4) is 0 Å². The summed E-state index contributed by atoms with van der Waals surface area (Å²) in [5, 5.41) is 0. The Hall–Kier alpha value is -0.160. The highest BCUT2D eigenvalue weighted by Crippen LogP contribution is 2.41. The summed E-state index contributed by atoms with van der Waals surface area (Å²) in [6.45, 7) is 0.643. The Morgan fingerprint density at radius 1 is 1.18 bits per heavy atom. The lowest BCUT2D eigenvalue weighted by Crippen LogP contribution is -2.37. The molecule has 8 heteroatoms. The van der Waals surface area contributed by atoms with Crippen molar-refractivity contribution in [1.82, 2.24) is 0 Å². The van der Waals surface area contributed by atoms with Gasteiger partial charge in [0, 0.05) is 6.66 Å². The molecule has 0 aromatic rings. The third-order valence-electron chi connectivity index (χ3n) is 0.602. The monoisotopic (exact) mass is 198 g/mol. The van der Waals surface area contributed by atoms with Crippen LogP contribution in [0.5, 0.6) is 0 Å². The molecule has 0 amide bonds. The van der Waals surface area contributed by atoms with Crippen LogP contribution in [0.3, 0.4) is 0 Å². The van der Waals surface area contributed by atoms with Crippen molar-refractivity contribution >= 4 is 8.03 Å². The topological polar surface area (TPSA) is 26.3 Å². The second-order valence-corrected chi connectivity index (χ2v) is 2.80. The van der Waals surface area contributed by atoms with E-state index in [9.17, 15) is 26.5 Å². The quantitative estimate of drug-likeness (QED) is 0.502.